The van der Waals surface area contributed by atoms with E-state index in [-0.39, 0.29) is 16.9 Å². The maximum atomic E-state index is 12.5. The van der Waals surface area contributed by atoms with Crippen LogP contribution >= 0.6 is 39.7 Å². The second kappa shape index (κ2) is 9.65. The first kappa shape index (κ1) is 21.0. The summed E-state index contributed by atoms with van der Waals surface area (Å²) in [5.74, 6) is -0.626. The fourth-order valence-corrected chi connectivity index (χ4v) is 3.28. The Kier molecular flexibility index (Phi) is 6.98. The van der Waals surface area contributed by atoms with E-state index in [2.05, 4.69) is 31.9 Å². The lowest BCUT2D eigenvalue weighted by atomic mass is 10.2. The van der Waals surface area contributed by atoms with Gasteiger partial charge in [0, 0.05) is 32.0 Å². The molecule has 2 amide bonds. The Morgan fingerprint density at radius 2 is 1.41 bits per heavy atom. The molecule has 0 saturated carbocycles. The molecule has 0 aromatic heterocycles. The lowest BCUT2D eigenvalue weighted by Crippen LogP contribution is -2.34. The van der Waals surface area contributed by atoms with Crippen LogP contribution in [-0.4, -0.2) is 16.9 Å². The maximum Gasteiger partial charge on any atom is 0.257 e. The number of benzene rings is 3. The first-order valence-corrected chi connectivity index (χ1v) is 10.0. The normalized spacial score (nSPS) is 10.1. The molecule has 3 aromatic carbocycles. The summed E-state index contributed by atoms with van der Waals surface area (Å²) < 4.78 is 0.794. The molecule has 3 aromatic rings. The topological polar surface area (TPSA) is 70.2 Å². The molecular formula is C21H15BrClN3O2S. The van der Waals surface area contributed by atoms with Gasteiger partial charge in [-0.05, 0) is 66.8 Å². The number of hydrogen-bond donors (Lipinski definition) is 3. The standard InChI is InChI=1S/C21H15BrClN3O2S/c22-15-6-1-4-13(10-15)20(28)26-21(29)25-17-8-2-5-14(11-17)19(27)24-18-9-3-7-16(23)12-18/h1-12H,(H,24,27)(H2,25,26,28,29). The van der Waals surface area contributed by atoms with E-state index in [1.165, 1.54) is 0 Å². The number of carbonyl (C=O) groups excluding carboxylic acids is 2. The molecule has 3 rings (SSSR count). The van der Waals surface area contributed by atoms with Crippen molar-refractivity contribution in [1.29, 1.82) is 0 Å². The molecule has 0 atom stereocenters. The summed E-state index contributed by atoms with van der Waals surface area (Å²) in [6.07, 6.45) is 0. The number of carbonyl (C=O) groups is 2. The van der Waals surface area contributed by atoms with Crippen molar-refractivity contribution in [1.82, 2.24) is 5.32 Å². The van der Waals surface area contributed by atoms with Crippen LogP contribution in [0.5, 0.6) is 0 Å². The second-order valence-electron chi connectivity index (χ2n) is 5.96. The fraction of sp³-hybridized carbons (Fsp3) is 0. The van der Waals surface area contributed by atoms with Crippen LogP contribution in [0.3, 0.4) is 0 Å². The molecule has 29 heavy (non-hydrogen) atoms. The SMILES string of the molecule is O=C(NC(=S)Nc1cccc(C(=O)Nc2cccc(Cl)c2)c1)c1cccc(Br)c1. The number of amides is 2. The van der Waals surface area contributed by atoms with E-state index in [0.29, 0.717) is 27.5 Å². The summed E-state index contributed by atoms with van der Waals surface area (Å²) in [5.41, 5.74) is 2.07. The Balaban J connectivity index is 1.63. The van der Waals surface area contributed by atoms with Crippen LogP contribution in [-0.2, 0) is 0 Å². The van der Waals surface area contributed by atoms with E-state index in [1.54, 1.807) is 66.7 Å². The molecule has 0 saturated heterocycles. The third-order valence-electron chi connectivity index (χ3n) is 3.78. The van der Waals surface area contributed by atoms with Crippen LogP contribution < -0.4 is 16.0 Å². The molecule has 0 bridgehead atoms. The quantitative estimate of drug-likeness (QED) is 0.425. The lowest BCUT2D eigenvalue weighted by Gasteiger charge is -2.11. The predicted molar refractivity (Wildman–Crippen MR) is 124 cm³/mol. The Labute approximate surface area is 186 Å². The second-order valence-corrected chi connectivity index (χ2v) is 7.72. The molecule has 0 spiro atoms. The number of nitrogens with one attached hydrogen (secondary N) is 3. The van der Waals surface area contributed by atoms with Gasteiger partial charge in [-0.1, -0.05) is 45.7 Å². The molecular weight excluding hydrogens is 474 g/mol. The molecule has 0 aliphatic rings. The average Bonchev–Trinajstić information content (AvgIpc) is 2.68. The van der Waals surface area contributed by atoms with E-state index in [1.807, 2.05) is 6.07 Å². The highest BCUT2D eigenvalue weighted by Crippen LogP contribution is 2.17. The van der Waals surface area contributed by atoms with Crippen LogP contribution in [0.1, 0.15) is 20.7 Å². The minimum absolute atomic E-state index is 0.127. The molecule has 0 fully saturated rings. The van der Waals surface area contributed by atoms with Gasteiger partial charge in [0.1, 0.15) is 0 Å². The van der Waals surface area contributed by atoms with Crippen LogP contribution in [0, 0.1) is 0 Å². The first-order chi connectivity index (χ1) is 13.9. The zero-order valence-corrected chi connectivity index (χ0v) is 18.1. The Morgan fingerprint density at radius 1 is 0.793 bits per heavy atom. The molecule has 8 heteroatoms. The minimum Gasteiger partial charge on any atom is -0.332 e. The summed E-state index contributed by atoms with van der Waals surface area (Å²) in [4.78, 5) is 24.7. The monoisotopic (exact) mass is 487 g/mol. The van der Waals surface area contributed by atoms with Gasteiger partial charge in [-0.2, -0.15) is 0 Å². The number of halogens is 2. The van der Waals surface area contributed by atoms with E-state index < -0.39 is 0 Å². The Bertz CT molecular complexity index is 1090. The number of anilines is 2. The van der Waals surface area contributed by atoms with Gasteiger partial charge < -0.3 is 10.6 Å². The summed E-state index contributed by atoms with van der Waals surface area (Å²) in [6, 6.07) is 20.6. The van der Waals surface area contributed by atoms with Gasteiger partial charge in [-0.25, -0.2) is 0 Å². The van der Waals surface area contributed by atoms with Crippen molar-refractivity contribution in [2.24, 2.45) is 0 Å². The van der Waals surface area contributed by atoms with Gasteiger partial charge in [0.05, 0.1) is 0 Å². The molecule has 0 aliphatic carbocycles. The molecule has 0 heterocycles. The van der Waals surface area contributed by atoms with Crippen molar-refractivity contribution in [2.45, 2.75) is 0 Å². The van der Waals surface area contributed by atoms with Gasteiger partial charge in [-0.3, -0.25) is 14.9 Å². The van der Waals surface area contributed by atoms with Crippen molar-refractivity contribution in [2.75, 3.05) is 10.6 Å². The van der Waals surface area contributed by atoms with Crippen LogP contribution in [0.25, 0.3) is 0 Å². The third-order valence-corrected chi connectivity index (χ3v) is 4.71. The van der Waals surface area contributed by atoms with E-state index in [0.717, 1.165) is 4.47 Å². The molecule has 5 nitrogen and oxygen atoms in total. The van der Waals surface area contributed by atoms with E-state index in [4.69, 9.17) is 23.8 Å². The summed E-state index contributed by atoms with van der Waals surface area (Å²) in [6.45, 7) is 0. The molecule has 0 radical (unpaired) electrons. The van der Waals surface area contributed by atoms with Gasteiger partial charge in [0.2, 0.25) is 0 Å². The predicted octanol–water partition coefficient (Wildman–Crippen LogP) is 5.48. The zero-order chi connectivity index (χ0) is 20.8. The molecule has 146 valence electrons. The van der Waals surface area contributed by atoms with E-state index in [9.17, 15) is 9.59 Å². The van der Waals surface area contributed by atoms with E-state index >= 15 is 0 Å². The zero-order valence-electron chi connectivity index (χ0n) is 14.9. The van der Waals surface area contributed by atoms with Crippen LogP contribution in [0.4, 0.5) is 11.4 Å². The van der Waals surface area contributed by atoms with Crippen LogP contribution in [0.15, 0.2) is 77.3 Å². The lowest BCUT2D eigenvalue weighted by molar-refractivity contribution is 0.0976. The van der Waals surface area contributed by atoms with Gasteiger partial charge in [-0.15, -0.1) is 0 Å². The highest BCUT2D eigenvalue weighted by atomic mass is 79.9. The smallest absolute Gasteiger partial charge is 0.257 e. The number of hydrogen-bond acceptors (Lipinski definition) is 3. The average molecular weight is 489 g/mol. The maximum absolute atomic E-state index is 12.5. The Morgan fingerprint density at radius 3 is 2.10 bits per heavy atom. The summed E-state index contributed by atoms with van der Waals surface area (Å²) in [5, 5.41) is 8.96. The van der Waals surface area contributed by atoms with Crippen molar-refractivity contribution in [3.8, 4) is 0 Å². The fourth-order valence-electron chi connectivity index (χ4n) is 2.48. The summed E-state index contributed by atoms with van der Waals surface area (Å²) >= 11 is 14.5. The molecule has 3 N–H and O–H groups in total. The third kappa shape index (κ3) is 6.12. The highest BCUT2D eigenvalue weighted by molar-refractivity contribution is 9.10. The molecule has 0 aliphatic heterocycles. The molecule has 0 unspecified atom stereocenters. The van der Waals surface area contributed by atoms with Crippen molar-refractivity contribution >= 4 is 68.1 Å². The van der Waals surface area contributed by atoms with Gasteiger partial charge in [0.15, 0.2) is 5.11 Å². The number of thiocarbonyl (C=S) groups is 1. The Hall–Kier alpha value is -2.74. The van der Waals surface area contributed by atoms with Gasteiger partial charge >= 0.3 is 0 Å². The minimum atomic E-state index is -0.335. The summed E-state index contributed by atoms with van der Waals surface area (Å²) in [7, 11) is 0. The first-order valence-electron chi connectivity index (χ1n) is 8.45. The highest BCUT2D eigenvalue weighted by Gasteiger charge is 2.10. The van der Waals surface area contributed by atoms with Gasteiger partial charge in [0.25, 0.3) is 11.8 Å². The van der Waals surface area contributed by atoms with Crippen molar-refractivity contribution < 1.29 is 9.59 Å². The largest absolute Gasteiger partial charge is 0.332 e. The van der Waals surface area contributed by atoms with Crippen molar-refractivity contribution in [3.63, 3.8) is 0 Å². The van der Waals surface area contributed by atoms with Crippen molar-refractivity contribution in [3.05, 3.63) is 93.4 Å². The number of rotatable bonds is 4. The van der Waals surface area contributed by atoms with Crippen LogP contribution in [0.2, 0.25) is 5.02 Å².